The number of thiophene rings is 1. The van der Waals surface area contributed by atoms with E-state index >= 15 is 0 Å². The molecule has 51 heavy (non-hydrogen) atoms. The maximum absolute atomic E-state index is 2.49. The summed E-state index contributed by atoms with van der Waals surface area (Å²) in [6.45, 7) is 0. The van der Waals surface area contributed by atoms with Gasteiger partial charge in [-0.05, 0) is 78.1 Å². The fourth-order valence-corrected chi connectivity index (χ4v) is 9.71. The molecular weight excluding hydrogens is 637 g/mol. The van der Waals surface area contributed by atoms with E-state index < -0.39 is 0 Å². The molecule has 10 aromatic rings. The summed E-state index contributed by atoms with van der Waals surface area (Å²) >= 11 is 1.89. The standard InChI is InChI=1S/C48H32N2S/c1-3-14-31(15-4-1)40-29-34(30-41-38-19-9-12-25-46(38)51-48(40)41)50-43-23-11-8-20-39(43)47-35(21-13-24-44(47)50)32-26-27-37-36-18-7-10-22-42(36)49(45(37)28-32)33-16-5-2-6-17-33/h1,3-5,7-30H,2,6H2. The quantitative estimate of drug-likeness (QED) is 0.177. The van der Waals surface area contributed by atoms with Crippen LogP contribution >= 0.6 is 11.3 Å². The van der Waals surface area contributed by atoms with Crippen LogP contribution < -0.4 is 0 Å². The molecule has 3 aromatic heterocycles. The van der Waals surface area contributed by atoms with Crippen molar-refractivity contribution in [3.8, 4) is 27.9 Å². The molecule has 1 aliphatic rings. The average Bonchev–Trinajstić information content (AvgIpc) is 3.86. The molecular formula is C48H32N2S. The van der Waals surface area contributed by atoms with Crippen LogP contribution in [0.4, 0.5) is 0 Å². The van der Waals surface area contributed by atoms with Crippen LogP contribution in [-0.2, 0) is 0 Å². The van der Waals surface area contributed by atoms with E-state index in [9.17, 15) is 0 Å². The number of benzene rings is 7. The first-order valence-electron chi connectivity index (χ1n) is 17.8. The van der Waals surface area contributed by atoms with Gasteiger partial charge in [-0.15, -0.1) is 11.3 Å². The van der Waals surface area contributed by atoms with E-state index in [1.807, 2.05) is 11.3 Å². The zero-order valence-electron chi connectivity index (χ0n) is 27.9. The number of hydrogen-bond acceptors (Lipinski definition) is 1. The summed E-state index contributed by atoms with van der Waals surface area (Å²) < 4.78 is 7.59. The Morgan fingerprint density at radius 2 is 1.18 bits per heavy atom. The smallest absolute Gasteiger partial charge is 0.0547 e. The zero-order chi connectivity index (χ0) is 33.5. The summed E-state index contributed by atoms with van der Waals surface area (Å²) in [5, 5.41) is 7.73. The highest BCUT2D eigenvalue weighted by Crippen LogP contribution is 2.45. The highest BCUT2D eigenvalue weighted by atomic mass is 32.1. The number of nitrogens with zero attached hydrogens (tertiary/aromatic N) is 2. The van der Waals surface area contributed by atoms with Gasteiger partial charge in [0.05, 0.1) is 22.1 Å². The van der Waals surface area contributed by atoms with Crippen molar-refractivity contribution in [1.82, 2.24) is 9.13 Å². The van der Waals surface area contributed by atoms with Gasteiger partial charge in [-0.2, -0.15) is 0 Å². The monoisotopic (exact) mass is 668 g/mol. The normalized spacial score (nSPS) is 13.4. The van der Waals surface area contributed by atoms with Gasteiger partial charge in [0, 0.05) is 58.7 Å². The van der Waals surface area contributed by atoms with Crippen molar-refractivity contribution in [2.75, 3.05) is 0 Å². The van der Waals surface area contributed by atoms with Crippen LogP contribution in [0.15, 0.2) is 170 Å². The molecule has 0 saturated carbocycles. The van der Waals surface area contributed by atoms with Gasteiger partial charge in [0.25, 0.3) is 0 Å². The molecule has 0 aliphatic heterocycles. The molecule has 7 aromatic carbocycles. The molecule has 0 N–H and O–H groups in total. The molecule has 3 heterocycles. The van der Waals surface area contributed by atoms with E-state index in [1.165, 1.54) is 97.4 Å². The van der Waals surface area contributed by atoms with Crippen LogP contribution in [0.1, 0.15) is 12.8 Å². The predicted molar refractivity (Wildman–Crippen MR) is 220 cm³/mol. The van der Waals surface area contributed by atoms with Crippen LogP contribution in [0.25, 0.3) is 97.4 Å². The maximum Gasteiger partial charge on any atom is 0.0547 e. The Morgan fingerprint density at radius 3 is 2.02 bits per heavy atom. The molecule has 0 bridgehead atoms. The molecule has 0 radical (unpaired) electrons. The van der Waals surface area contributed by atoms with Crippen LogP contribution in [0.5, 0.6) is 0 Å². The molecule has 0 spiro atoms. The summed E-state index contributed by atoms with van der Waals surface area (Å²) in [6, 6.07) is 56.1. The Bertz CT molecular complexity index is 3070. The first kappa shape index (κ1) is 28.7. The third-order valence-corrected chi connectivity index (χ3v) is 11.9. The minimum Gasteiger partial charge on any atom is -0.310 e. The molecule has 11 rings (SSSR count). The lowest BCUT2D eigenvalue weighted by Crippen LogP contribution is -1.97. The average molecular weight is 669 g/mol. The number of hydrogen-bond donors (Lipinski definition) is 0. The SMILES string of the molecule is C1=CC(n2c3ccccc3c3ccc(-c4cccc5c4c4ccccc4n5-c4cc(-c5ccccc5)c5sc6ccccc6c5c4)cc32)=CCC1. The molecule has 0 saturated heterocycles. The second kappa shape index (κ2) is 11.2. The fraction of sp³-hybridized carbons (Fsp3) is 0.0417. The van der Waals surface area contributed by atoms with E-state index in [2.05, 4.69) is 179 Å². The summed E-state index contributed by atoms with van der Waals surface area (Å²) in [5.41, 5.74) is 12.3. The number of para-hydroxylation sites is 2. The van der Waals surface area contributed by atoms with E-state index in [-0.39, 0.29) is 0 Å². The predicted octanol–water partition coefficient (Wildman–Crippen LogP) is 13.8. The molecule has 2 nitrogen and oxygen atoms in total. The Kier molecular flexibility index (Phi) is 6.28. The number of aromatic nitrogens is 2. The van der Waals surface area contributed by atoms with Gasteiger partial charge in [0.15, 0.2) is 0 Å². The van der Waals surface area contributed by atoms with Crippen molar-refractivity contribution in [1.29, 1.82) is 0 Å². The third-order valence-electron chi connectivity index (χ3n) is 10.7. The summed E-state index contributed by atoms with van der Waals surface area (Å²) in [6.07, 6.45) is 9.13. The third kappa shape index (κ3) is 4.28. The lowest BCUT2D eigenvalue weighted by Gasteiger charge is -2.13. The van der Waals surface area contributed by atoms with Gasteiger partial charge in [-0.3, -0.25) is 0 Å². The Labute approximate surface area is 299 Å². The lowest BCUT2D eigenvalue weighted by atomic mass is 9.98. The van der Waals surface area contributed by atoms with E-state index in [4.69, 9.17) is 0 Å². The lowest BCUT2D eigenvalue weighted by molar-refractivity contribution is 1.02. The van der Waals surface area contributed by atoms with Crippen LogP contribution in [0.2, 0.25) is 0 Å². The van der Waals surface area contributed by atoms with Gasteiger partial charge < -0.3 is 9.13 Å². The first-order valence-corrected chi connectivity index (χ1v) is 18.6. The van der Waals surface area contributed by atoms with Gasteiger partial charge in [0.2, 0.25) is 0 Å². The highest BCUT2D eigenvalue weighted by Gasteiger charge is 2.20. The Balaban J connectivity index is 1.20. The fourth-order valence-electron chi connectivity index (χ4n) is 8.49. The van der Waals surface area contributed by atoms with Crippen molar-refractivity contribution < 1.29 is 0 Å². The van der Waals surface area contributed by atoms with Gasteiger partial charge in [0.1, 0.15) is 0 Å². The van der Waals surface area contributed by atoms with E-state index in [1.54, 1.807) is 0 Å². The maximum atomic E-state index is 2.49. The van der Waals surface area contributed by atoms with Gasteiger partial charge in [-0.1, -0.05) is 121 Å². The van der Waals surface area contributed by atoms with Gasteiger partial charge >= 0.3 is 0 Å². The molecule has 0 amide bonds. The summed E-state index contributed by atoms with van der Waals surface area (Å²) in [5.74, 6) is 0. The Hall–Kier alpha value is -6.16. The van der Waals surface area contributed by atoms with Crippen molar-refractivity contribution in [2.24, 2.45) is 0 Å². The molecule has 0 fully saturated rings. The number of fused-ring (bicyclic) bond motifs is 9. The van der Waals surface area contributed by atoms with Crippen LogP contribution in [0, 0.1) is 0 Å². The number of rotatable bonds is 4. The van der Waals surface area contributed by atoms with Crippen molar-refractivity contribution >= 4 is 80.8 Å². The molecule has 3 heteroatoms. The number of allylic oxidation sites excluding steroid dienone is 4. The van der Waals surface area contributed by atoms with Gasteiger partial charge in [-0.25, -0.2) is 0 Å². The van der Waals surface area contributed by atoms with Crippen LogP contribution in [-0.4, -0.2) is 9.13 Å². The summed E-state index contributed by atoms with van der Waals surface area (Å²) in [4.78, 5) is 0. The van der Waals surface area contributed by atoms with Crippen molar-refractivity contribution in [3.05, 3.63) is 170 Å². The zero-order valence-corrected chi connectivity index (χ0v) is 28.7. The highest BCUT2D eigenvalue weighted by molar-refractivity contribution is 7.26. The van der Waals surface area contributed by atoms with E-state index in [0.29, 0.717) is 0 Å². The second-order valence-electron chi connectivity index (χ2n) is 13.6. The largest absolute Gasteiger partial charge is 0.310 e. The topological polar surface area (TPSA) is 9.86 Å². The van der Waals surface area contributed by atoms with E-state index in [0.717, 1.165) is 12.8 Å². The minimum absolute atomic E-state index is 1.07. The molecule has 240 valence electrons. The van der Waals surface area contributed by atoms with Crippen LogP contribution in [0.3, 0.4) is 0 Å². The summed E-state index contributed by atoms with van der Waals surface area (Å²) in [7, 11) is 0. The molecule has 0 unspecified atom stereocenters. The minimum atomic E-state index is 1.07. The molecule has 1 aliphatic carbocycles. The first-order chi connectivity index (χ1) is 25.3. The Morgan fingerprint density at radius 1 is 0.451 bits per heavy atom. The van der Waals surface area contributed by atoms with Crippen molar-refractivity contribution in [2.45, 2.75) is 12.8 Å². The second-order valence-corrected chi connectivity index (χ2v) is 14.6. The van der Waals surface area contributed by atoms with Crippen molar-refractivity contribution in [3.63, 3.8) is 0 Å². The molecule has 0 atom stereocenters.